The van der Waals surface area contributed by atoms with Crippen LogP contribution in [0.15, 0.2) is 29.6 Å². The van der Waals surface area contributed by atoms with Crippen molar-refractivity contribution in [2.24, 2.45) is 5.73 Å². The minimum absolute atomic E-state index is 0.118. The summed E-state index contributed by atoms with van der Waals surface area (Å²) in [4.78, 5) is 26.5. The van der Waals surface area contributed by atoms with Gasteiger partial charge >= 0.3 is 0 Å². The number of rotatable bonds is 4. The summed E-state index contributed by atoms with van der Waals surface area (Å²) >= 11 is 6.88. The van der Waals surface area contributed by atoms with Crippen LogP contribution in [0, 0.1) is 0 Å². The summed E-state index contributed by atoms with van der Waals surface area (Å²) in [5, 5.41) is 4.91. The summed E-state index contributed by atoms with van der Waals surface area (Å²) in [5.41, 5.74) is 6.13. The zero-order valence-electron chi connectivity index (χ0n) is 9.72. The van der Waals surface area contributed by atoms with Gasteiger partial charge in [0.1, 0.15) is 5.69 Å². The molecule has 5 nitrogen and oxygen atoms in total. The molecule has 0 fully saturated rings. The molecule has 0 saturated carbocycles. The number of hydrogen-bond donors (Lipinski definition) is 2. The van der Waals surface area contributed by atoms with Gasteiger partial charge in [0.15, 0.2) is 5.01 Å². The van der Waals surface area contributed by atoms with Gasteiger partial charge in [-0.2, -0.15) is 0 Å². The molecule has 0 aliphatic rings. The topological polar surface area (TPSA) is 85.1 Å². The van der Waals surface area contributed by atoms with E-state index in [2.05, 4.69) is 10.3 Å². The molecule has 1 aromatic carbocycles. The maximum Gasteiger partial charge on any atom is 0.277 e. The Morgan fingerprint density at radius 3 is 2.84 bits per heavy atom. The van der Waals surface area contributed by atoms with Gasteiger partial charge in [-0.3, -0.25) is 9.59 Å². The molecule has 0 spiro atoms. The Hall–Kier alpha value is -1.92. The molecule has 7 heteroatoms. The zero-order chi connectivity index (χ0) is 13.8. The van der Waals surface area contributed by atoms with Crippen LogP contribution in [0.5, 0.6) is 0 Å². The Labute approximate surface area is 118 Å². The van der Waals surface area contributed by atoms with Crippen LogP contribution in [0.25, 0.3) is 0 Å². The number of hydrogen-bond acceptors (Lipinski definition) is 4. The summed E-state index contributed by atoms with van der Waals surface area (Å²) < 4.78 is 0. The fourth-order valence-electron chi connectivity index (χ4n) is 1.41. The molecular weight excluding hydrogens is 286 g/mol. The maximum absolute atomic E-state index is 11.8. The predicted molar refractivity (Wildman–Crippen MR) is 73.3 cm³/mol. The summed E-state index contributed by atoms with van der Waals surface area (Å²) in [7, 11) is 0. The van der Waals surface area contributed by atoms with Gasteiger partial charge < -0.3 is 11.1 Å². The molecule has 98 valence electrons. The van der Waals surface area contributed by atoms with E-state index in [1.165, 1.54) is 5.38 Å². The van der Waals surface area contributed by atoms with Crippen molar-refractivity contribution < 1.29 is 9.59 Å². The van der Waals surface area contributed by atoms with Gasteiger partial charge in [-0.15, -0.1) is 11.3 Å². The van der Waals surface area contributed by atoms with E-state index in [4.69, 9.17) is 17.3 Å². The molecule has 3 N–H and O–H groups in total. The lowest BCUT2D eigenvalue weighted by Crippen LogP contribution is -2.23. The first-order valence-corrected chi connectivity index (χ1v) is 6.60. The number of aromatic nitrogens is 1. The van der Waals surface area contributed by atoms with Gasteiger partial charge in [-0.1, -0.05) is 23.7 Å². The van der Waals surface area contributed by atoms with Crippen molar-refractivity contribution in [3.8, 4) is 0 Å². The first-order valence-electron chi connectivity index (χ1n) is 5.34. The molecule has 0 aliphatic carbocycles. The zero-order valence-corrected chi connectivity index (χ0v) is 11.3. The highest BCUT2D eigenvalue weighted by atomic mass is 35.5. The lowest BCUT2D eigenvalue weighted by atomic mass is 10.2. The van der Waals surface area contributed by atoms with E-state index in [0.29, 0.717) is 11.6 Å². The van der Waals surface area contributed by atoms with Gasteiger partial charge in [0.05, 0.1) is 0 Å². The minimum atomic E-state index is -0.640. The molecule has 2 amide bonds. The average Bonchev–Trinajstić information content (AvgIpc) is 2.86. The van der Waals surface area contributed by atoms with Crippen molar-refractivity contribution in [1.29, 1.82) is 0 Å². The lowest BCUT2D eigenvalue weighted by molar-refractivity contribution is 0.0946. The van der Waals surface area contributed by atoms with E-state index in [1.807, 2.05) is 6.07 Å². The van der Waals surface area contributed by atoms with Crippen molar-refractivity contribution in [1.82, 2.24) is 10.3 Å². The van der Waals surface area contributed by atoms with Crippen molar-refractivity contribution >= 4 is 34.8 Å². The van der Waals surface area contributed by atoms with E-state index in [0.717, 1.165) is 16.9 Å². The number of amides is 2. The highest BCUT2D eigenvalue weighted by Gasteiger charge is 2.13. The van der Waals surface area contributed by atoms with Gasteiger partial charge in [-0.05, 0) is 17.7 Å². The monoisotopic (exact) mass is 295 g/mol. The van der Waals surface area contributed by atoms with Gasteiger partial charge in [0.25, 0.3) is 11.8 Å². The standard InChI is InChI=1S/C12H10ClN3O2S/c13-8-3-1-2-7(4-8)5-15-11(18)9-6-19-12(16-9)10(14)17/h1-4,6H,5H2,(H2,14,17)(H,15,18). The maximum atomic E-state index is 11.8. The minimum Gasteiger partial charge on any atom is -0.364 e. The van der Waals surface area contributed by atoms with Gasteiger partial charge in [0, 0.05) is 16.9 Å². The number of benzene rings is 1. The van der Waals surface area contributed by atoms with Crippen LogP contribution in [0.2, 0.25) is 5.02 Å². The van der Waals surface area contributed by atoms with Crippen molar-refractivity contribution in [3.63, 3.8) is 0 Å². The summed E-state index contributed by atoms with van der Waals surface area (Å²) in [5.74, 6) is -0.998. The number of nitrogens with zero attached hydrogens (tertiary/aromatic N) is 1. The first kappa shape index (κ1) is 13.5. The van der Waals surface area contributed by atoms with Crippen LogP contribution in [0.4, 0.5) is 0 Å². The Morgan fingerprint density at radius 2 is 2.21 bits per heavy atom. The molecule has 0 atom stereocenters. The molecule has 0 bridgehead atoms. The van der Waals surface area contributed by atoms with Crippen molar-refractivity contribution in [3.05, 3.63) is 50.9 Å². The quantitative estimate of drug-likeness (QED) is 0.902. The van der Waals surface area contributed by atoms with Gasteiger partial charge in [0.2, 0.25) is 0 Å². The number of thiazole rings is 1. The number of nitrogens with one attached hydrogen (secondary N) is 1. The van der Waals surface area contributed by atoms with E-state index >= 15 is 0 Å². The highest BCUT2D eigenvalue weighted by molar-refractivity contribution is 7.11. The van der Waals surface area contributed by atoms with Crippen LogP contribution in [-0.4, -0.2) is 16.8 Å². The lowest BCUT2D eigenvalue weighted by Gasteiger charge is -2.03. The molecule has 2 aromatic rings. The van der Waals surface area contributed by atoms with E-state index < -0.39 is 5.91 Å². The second-order valence-electron chi connectivity index (χ2n) is 3.71. The number of carbonyl (C=O) groups excluding carboxylic acids is 2. The first-order chi connectivity index (χ1) is 9.06. The Balaban J connectivity index is 1.99. The van der Waals surface area contributed by atoms with Crippen LogP contribution in [-0.2, 0) is 6.54 Å². The predicted octanol–water partition coefficient (Wildman–Crippen LogP) is 1.83. The third kappa shape index (κ3) is 3.52. The molecule has 0 saturated heterocycles. The van der Waals surface area contributed by atoms with E-state index in [1.54, 1.807) is 18.2 Å². The van der Waals surface area contributed by atoms with Crippen LogP contribution >= 0.6 is 22.9 Å². The summed E-state index contributed by atoms with van der Waals surface area (Å²) in [6.07, 6.45) is 0. The molecule has 2 rings (SSSR count). The van der Waals surface area contributed by atoms with Crippen molar-refractivity contribution in [2.75, 3.05) is 0 Å². The number of carbonyl (C=O) groups is 2. The molecule has 0 unspecified atom stereocenters. The Kier molecular flexibility index (Phi) is 4.13. The number of halogens is 1. The van der Waals surface area contributed by atoms with Crippen LogP contribution in [0.1, 0.15) is 25.9 Å². The normalized spacial score (nSPS) is 10.2. The SMILES string of the molecule is NC(=O)c1nc(C(=O)NCc2cccc(Cl)c2)cs1. The third-order valence-electron chi connectivity index (χ3n) is 2.29. The molecular formula is C12H10ClN3O2S. The number of primary amides is 1. The third-order valence-corrected chi connectivity index (χ3v) is 3.38. The molecule has 0 aliphatic heterocycles. The summed E-state index contributed by atoms with van der Waals surface area (Å²) in [6.45, 7) is 0.336. The van der Waals surface area contributed by atoms with Crippen LogP contribution in [0.3, 0.4) is 0 Å². The highest BCUT2D eigenvalue weighted by Crippen LogP contribution is 2.11. The molecule has 1 heterocycles. The smallest absolute Gasteiger partial charge is 0.277 e. The summed E-state index contributed by atoms with van der Waals surface area (Å²) in [6, 6.07) is 7.17. The average molecular weight is 296 g/mol. The van der Waals surface area contributed by atoms with E-state index in [9.17, 15) is 9.59 Å². The Bertz CT molecular complexity index is 627. The largest absolute Gasteiger partial charge is 0.364 e. The number of nitrogens with two attached hydrogens (primary N) is 1. The Morgan fingerprint density at radius 1 is 1.42 bits per heavy atom. The fraction of sp³-hybridized carbons (Fsp3) is 0.0833. The van der Waals surface area contributed by atoms with Crippen LogP contribution < -0.4 is 11.1 Å². The van der Waals surface area contributed by atoms with E-state index in [-0.39, 0.29) is 16.6 Å². The molecule has 1 aromatic heterocycles. The molecule has 0 radical (unpaired) electrons. The molecule has 19 heavy (non-hydrogen) atoms. The second kappa shape index (κ2) is 5.81. The van der Waals surface area contributed by atoms with Crippen molar-refractivity contribution in [2.45, 2.75) is 6.54 Å². The fourth-order valence-corrected chi connectivity index (χ4v) is 2.27. The second-order valence-corrected chi connectivity index (χ2v) is 5.01. The van der Waals surface area contributed by atoms with Gasteiger partial charge in [-0.25, -0.2) is 4.98 Å².